The summed E-state index contributed by atoms with van der Waals surface area (Å²) in [5.41, 5.74) is 1.82. The maximum Gasteiger partial charge on any atom is 0.126 e. The van der Waals surface area contributed by atoms with Gasteiger partial charge in [0.05, 0.1) is 0 Å². The highest BCUT2D eigenvalue weighted by Gasteiger charge is 2.07. The largest absolute Gasteiger partial charge is 0.382 e. The Morgan fingerprint density at radius 2 is 1.62 bits per heavy atom. The van der Waals surface area contributed by atoms with Crippen molar-refractivity contribution in [1.82, 2.24) is 0 Å². The van der Waals surface area contributed by atoms with Crippen LogP contribution in [0.5, 0.6) is 0 Å². The van der Waals surface area contributed by atoms with Crippen molar-refractivity contribution in [2.24, 2.45) is 0 Å². The number of benzene rings is 3. The zero-order valence-electron chi connectivity index (χ0n) is 12.0. The highest BCUT2D eigenvalue weighted by molar-refractivity contribution is 5.85. The van der Waals surface area contributed by atoms with Crippen molar-refractivity contribution in [3.63, 3.8) is 0 Å². The van der Waals surface area contributed by atoms with Crippen LogP contribution in [0.1, 0.15) is 12.5 Å². The van der Waals surface area contributed by atoms with Crippen molar-refractivity contribution in [3.05, 3.63) is 78.1 Å². The van der Waals surface area contributed by atoms with Crippen LogP contribution in [0.3, 0.4) is 0 Å². The Kier molecular flexibility index (Phi) is 3.87. The Labute approximate surface area is 124 Å². The molecule has 0 saturated heterocycles. The molecule has 0 bridgehead atoms. The molecule has 106 valence electrons. The second kappa shape index (κ2) is 5.96. The number of anilines is 1. The number of hydrogen-bond donors (Lipinski definition) is 1. The van der Waals surface area contributed by atoms with Crippen LogP contribution in [0.25, 0.3) is 10.8 Å². The summed E-state index contributed by atoms with van der Waals surface area (Å²) in [6.07, 6.45) is 0.666. The van der Waals surface area contributed by atoms with E-state index in [1.54, 1.807) is 6.07 Å². The lowest BCUT2D eigenvalue weighted by atomic mass is 10.1. The Hall–Kier alpha value is -2.35. The first-order valence-electron chi connectivity index (χ1n) is 7.21. The van der Waals surface area contributed by atoms with E-state index in [9.17, 15) is 4.39 Å². The van der Waals surface area contributed by atoms with E-state index in [0.29, 0.717) is 6.42 Å². The molecule has 3 aromatic carbocycles. The summed E-state index contributed by atoms with van der Waals surface area (Å²) in [5, 5.41) is 5.88. The fraction of sp³-hybridized carbons (Fsp3) is 0.158. The SMILES string of the molecule is CC(Cc1ccccc1F)Nc1ccc2ccccc2c1. The van der Waals surface area contributed by atoms with E-state index in [1.807, 2.05) is 24.3 Å². The average molecular weight is 279 g/mol. The van der Waals surface area contributed by atoms with E-state index in [1.165, 1.54) is 16.8 Å². The first kappa shape index (κ1) is 13.6. The fourth-order valence-electron chi connectivity index (χ4n) is 2.61. The highest BCUT2D eigenvalue weighted by Crippen LogP contribution is 2.20. The molecule has 0 aromatic heterocycles. The van der Waals surface area contributed by atoms with Gasteiger partial charge in [0.1, 0.15) is 5.82 Å². The maximum atomic E-state index is 13.7. The van der Waals surface area contributed by atoms with Crippen LogP contribution < -0.4 is 5.32 Å². The van der Waals surface area contributed by atoms with Crippen molar-refractivity contribution in [2.75, 3.05) is 5.32 Å². The Bertz CT molecular complexity index is 751. The minimum atomic E-state index is -0.135. The van der Waals surface area contributed by atoms with Gasteiger partial charge in [-0.05, 0) is 47.9 Å². The van der Waals surface area contributed by atoms with Crippen LogP contribution in [-0.2, 0) is 6.42 Å². The van der Waals surface area contributed by atoms with E-state index < -0.39 is 0 Å². The quantitative estimate of drug-likeness (QED) is 0.707. The molecular weight excluding hydrogens is 261 g/mol. The van der Waals surface area contributed by atoms with Crippen LogP contribution in [0.15, 0.2) is 66.7 Å². The lowest BCUT2D eigenvalue weighted by Gasteiger charge is -2.16. The minimum absolute atomic E-state index is 0.135. The molecule has 1 unspecified atom stereocenters. The molecule has 0 radical (unpaired) electrons. The highest BCUT2D eigenvalue weighted by atomic mass is 19.1. The second-order valence-corrected chi connectivity index (χ2v) is 5.40. The third kappa shape index (κ3) is 3.22. The molecule has 0 aliphatic carbocycles. The van der Waals surface area contributed by atoms with Crippen molar-refractivity contribution < 1.29 is 4.39 Å². The van der Waals surface area contributed by atoms with Crippen LogP contribution in [0.4, 0.5) is 10.1 Å². The molecule has 3 aromatic rings. The predicted molar refractivity (Wildman–Crippen MR) is 87.1 cm³/mol. The number of fused-ring (bicyclic) bond motifs is 1. The summed E-state index contributed by atoms with van der Waals surface area (Å²) in [4.78, 5) is 0. The number of hydrogen-bond acceptors (Lipinski definition) is 1. The van der Waals surface area contributed by atoms with Gasteiger partial charge in [-0.2, -0.15) is 0 Å². The summed E-state index contributed by atoms with van der Waals surface area (Å²) < 4.78 is 13.7. The van der Waals surface area contributed by atoms with Crippen molar-refractivity contribution >= 4 is 16.5 Å². The summed E-state index contributed by atoms with van der Waals surface area (Å²) in [6, 6.07) is 21.7. The van der Waals surface area contributed by atoms with Crippen LogP contribution in [0, 0.1) is 5.82 Å². The normalized spacial score (nSPS) is 12.3. The molecule has 1 atom stereocenters. The summed E-state index contributed by atoms with van der Waals surface area (Å²) >= 11 is 0. The van der Waals surface area contributed by atoms with E-state index in [-0.39, 0.29) is 11.9 Å². The van der Waals surface area contributed by atoms with Crippen LogP contribution in [0.2, 0.25) is 0 Å². The molecule has 3 rings (SSSR count). The van der Waals surface area contributed by atoms with Gasteiger partial charge in [-0.15, -0.1) is 0 Å². The molecule has 0 saturated carbocycles. The zero-order valence-corrected chi connectivity index (χ0v) is 12.0. The van der Waals surface area contributed by atoms with E-state index in [2.05, 4.69) is 42.6 Å². The smallest absolute Gasteiger partial charge is 0.126 e. The molecule has 0 amide bonds. The fourth-order valence-corrected chi connectivity index (χ4v) is 2.61. The van der Waals surface area contributed by atoms with Crippen molar-refractivity contribution in [1.29, 1.82) is 0 Å². The van der Waals surface area contributed by atoms with Gasteiger partial charge >= 0.3 is 0 Å². The van der Waals surface area contributed by atoms with Gasteiger partial charge in [0.2, 0.25) is 0 Å². The molecule has 1 N–H and O–H groups in total. The molecule has 21 heavy (non-hydrogen) atoms. The summed E-state index contributed by atoms with van der Waals surface area (Å²) in [6.45, 7) is 2.07. The second-order valence-electron chi connectivity index (χ2n) is 5.40. The minimum Gasteiger partial charge on any atom is -0.382 e. The average Bonchev–Trinajstić information content (AvgIpc) is 2.49. The van der Waals surface area contributed by atoms with Gasteiger partial charge in [-0.3, -0.25) is 0 Å². The lowest BCUT2D eigenvalue weighted by Crippen LogP contribution is -2.18. The van der Waals surface area contributed by atoms with Crippen LogP contribution in [-0.4, -0.2) is 6.04 Å². The first-order chi connectivity index (χ1) is 10.2. The zero-order chi connectivity index (χ0) is 14.7. The van der Waals surface area contributed by atoms with Crippen LogP contribution >= 0.6 is 0 Å². The van der Waals surface area contributed by atoms with E-state index >= 15 is 0 Å². The van der Waals surface area contributed by atoms with Crippen molar-refractivity contribution in [3.8, 4) is 0 Å². The topological polar surface area (TPSA) is 12.0 Å². The van der Waals surface area contributed by atoms with Crippen molar-refractivity contribution in [2.45, 2.75) is 19.4 Å². The molecule has 0 spiro atoms. The molecule has 1 nitrogen and oxygen atoms in total. The molecule has 0 aliphatic rings. The van der Waals surface area contributed by atoms with Gasteiger partial charge < -0.3 is 5.32 Å². The number of rotatable bonds is 4. The summed E-state index contributed by atoms with van der Waals surface area (Å²) in [7, 11) is 0. The maximum absolute atomic E-state index is 13.7. The van der Waals surface area contributed by atoms with Gasteiger partial charge in [0, 0.05) is 11.7 Å². The van der Waals surface area contributed by atoms with E-state index in [4.69, 9.17) is 0 Å². The molecular formula is C19H18FN. The Morgan fingerprint density at radius 1 is 0.905 bits per heavy atom. The number of nitrogens with one attached hydrogen (secondary N) is 1. The Morgan fingerprint density at radius 3 is 2.43 bits per heavy atom. The molecule has 0 heterocycles. The third-order valence-electron chi connectivity index (χ3n) is 3.65. The lowest BCUT2D eigenvalue weighted by molar-refractivity contribution is 0.601. The standard InChI is InChI=1S/C19H18FN/c1-14(12-17-8-4-5-9-19(17)20)21-18-11-10-15-6-2-3-7-16(15)13-18/h2-11,13-14,21H,12H2,1H3. The number of halogens is 1. The van der Waals surface area contributed by atoms with Gasteiger partial charge in [-0.1, -0.05) is 48.5 Å². The predicted octanol–water partition coefficient (Wildman–Crippen LogP) is 5.02. The first-order valence-corrected chi connectivity index (χ1v) is 7.21. The Balaban J connectivity index is 1.74. The van der Waals surface area contributed by atoms with Gasteiger partial charge in [0.25, 0.3) is 0 Å². The molecule has 2 heteroatoms. The third-order valence-corrected chi connectivity index (χ3v) is 3.65. The molecule has 0 fully saturated rings. The summed E-state index contributed by atoms with van der Waals surface area (Å²) in [5.74, 6) is -0.135. The monoisotopic (exact) mass is 279 g/mol. The van der Waals surface area contributed by atoms with Gasteiger partial charge in [0.15, 0.2) is 0 Å². The van der Waals surface area contributed by atoms with E-state index in [0.717, 1.165) is 11.3 Å². The molecule has 0 aliphatic heterocycles. The van der Waals surface area contributed by atoms with Gasteiger partial charge in [-0.25, -0.2) is 4.39 Å².